The molecule has 260 valence electrons. The number of rotatable bonds is 5. The normalized spacial score (nSPS) is 13.1. The Bertz CT molecular complexity index is 3140. The van der Waals surface area contributed by atoms with Crippen molar-refractivity contribution in [1.29, 1.82) is 0 Å². The Hall–Kier alpha value is -6.90. The molecule has 0 fully saturated rings. The van der Waals surface area contributed by atoms with E-state index in [1.165, 1.54) is 66.1 Å². The van der Waals surface area contributed by atoms with Crippen LogP contribution in [0.5, 0.6) is 0 Å². The Morgan fingerprint density at radius 3 is 1.76 bits per heavy atom. The molecule has 0 N–H and O–H groups in total. The van der Waals surface area contributed by atoms with Crippen LogP contribution in [0.15, 0.2) is 192 Å². The lowest BCUT2D eigenvalue weighted by atomic mass is 9.82. The van der Waals surface area contributed by atoms with Crippen LogP contribution in [0.4, 0.5) is 17.1 Å². The first kappa shape index (κ1) is 31.6. The fourth-order valence-electron chi connectivity index (χ4n) is 9.29. The van der Waals surface area contributed by atoms with Gasteiger partial charge in [0.2, 0.25) is 0 Å². The number of fused-ring (bicyclic) bond motifs is 8. The molecule has 9 aromatic carbocycles. The molecule has 1 aromatic heterocycles. The summed E-state index contributed by atoms with van der Waals surface area (Å²) in [6.45, 7) is 4.71. The van der Waals surface area contributed by atoms with Crippen LogP contribution in [0.2, 0.25) is 0 Å². The van der Waals surface area contributed by atoms with Gasteiger partial charge in [-0.25, -0.2) is 0 Å². The molecular weight excluding hydrogens is 667 g/mol. The number of hydrogen-bond donors (Lipinski definition) is 0. The van der Waals surface area contributed by atoms with Crippen molar-refractivity contribution in [2.75, 3.05) is 4.90 Å². The second-order valence-electron chi connectivity index (χ2n) is 15.2. The lowest BCUT2D eigenvalue weighted by Gasteiger charge is -2.31. The molecule has 0 unspecified atom stereocenters. The van der Waals surface area contributed by atoms with Gasteiger partial charge in [-0.05, 0) is 90.8 Å². The van der Waals surface area contributed by atoms with Crippen molar-refractivity contribution < 1.29 is 4.42 Å². The van der Waals surface area contributed by atoms with Crippen molar-refractivity contribution in [3.63, 3.8) is 0 Å². The van der Waals surface area contributed by atoms with Gasteiger partial charge in [0.15, 0.2) is 5.58 Å². The van der Waals surface area contributed by atoms with Crippen LogP contribution >= 0.6 is 0 Å². The van der Waals surface area contributed by atoms with E-state index in [4.69, 9.17) is 4.42 Å². The van der Waals surface area contributed by atoms with Gasteiger partial charge in [0.25, 0.3) is 0 Å². The van der Waals surface area contributed by atoms with Gasteiger partial charge in [-0.3, -0.25) is 0 Å². The van der Waals surface area contributed by atoms with E-state index in [0.717, 1.165) is 39.0 Å². The SMILES string of the molecule is CC1(C)c2ccccc2-c2ccc(N(c3cccc(-c4cccc5ccccc45)c3-c3cccc4ccccc34)c3cccc4c3oc3ccccc34)cc21. The quantitative estimate of drug-likeness (QED) is 0.177. The second-order valence-corrected chi connectivity index (χ2v) is 15.2. The van der Waals surface area contributed by atoms with Crippen LogP contribution in [0.3, 0.4) is 0 Å². The number of furan rings is 1. The van der Waals surface area contributed by atoms with Gasteiger partial charge in [-0.2, -0.15) is 0 Å². The minimum absolute atomic E-state index is 0.164. The molecule has 0 spiro atoms. The van der Waals surface area contributed by atoms with E-state index < -0.39 is 0 Å². The molecule has 0 amide bonds. The minimum Gasteiger partial charge on any atom is -0.454 e. The fourth-order valence-corrected chi connectivity index (χ4v) is 9.29. The van der Waals surface area contributed by atoms with Crippen molar-refractivity contribution in [2.24, 2.45) is 0 Å². The highest BCUT2D eigenvalue weighted by molar-refractivity contribution is 6.13. The van der Waals surface area contributed by atoms with E-state index in [9.17, 15) is 0 Å². The Labute approximate surface area is 320 Å². The van der Waals surface area contributed by atoms with Crippen LogP contribution < -0.4 is 4.90 Å². The van der Waals surface area contributed by atoms with Crippen molar-refractivity contribution in [3.8, 4) is 33.4 Å². The first-order chi connectivity index (χ1) is 27.1. The molecule has 1 aliphatic carbocycles. The smallest absolute Gasteiger partial charge is 0.159 e. The van der Waals surface area contributed by atoms with Crippen molar-refractivity contribution in [3.05, 3.63) is 199 Å². The topological polar surface area (TPSA) is 16.4 Å². The molecule has 2 nitrogen and oxygen atoms in total. The first-order valence-corrected chi connectivity index (χ1v) is 19.1. The molecule has 11 rings (SSSR count). The summed E-state index contributed by atoms with van der Waals surface area (Å²) >= 11 is 0. The zero-order valence-electron chi connectivity index (χ0n) is 30.8. The number of para-hydroxylation sites is 2. The maximum absolute atomic E-state index is 6.84. The molecule has 0 saturated carbocycles. The van der Waals surface area contributed by atoms with E-state index in [2.05, 4.69) is 207 Å². The van der Waals surface area contributed by atoms with Crippen molar-refractivity contribution in [2.45, 2.75) is 19.3 Å². The van der Waals surface area contributed by atoms with Crippen LogP contribution in [-0.4, -0.2) is 0 Å². The van der Waals surface area contributed by atoms with Gasteiger partial charge in [-0.1, -0.05) is 172 Å². The van der Waals surface area contributed by atoms with Crippen molar-refractivity contribution in [1.82, 2.24) is 0 Å². The predicted molar refractivity (Wildman–Crippen MR) is 232 cm³/mol. The van der Waals surface area contributed by atoms with E-state index in [1.54, 1.807) is 0 Å². The lowest BCUT2D eigenvalue weighted by molar-refractivity contribution is 0.660. The first-order valence-electron chi connectivity index (χ1n) is 19.1. The third-order valence-corrected chi connectivity index (χ3v) is 11.9. The van der Waals surface area contributed by atoms with Gasteiger partial charge in [-0.15, -0.1) is 0 Å². The van der Waals surface area contributed by atoms with E-state index in [1.807, 2.05) is 0 Å². The summed E-state index contributed by atoms with van der Waals surface area (Å²) in [7, 11) is 0. The molecule has 2 heteroatoms. The summed E-state index contributed by atoms with van der Waals surface area (Å²) in [6, 6.07) is 68.5. The monoisotopic (exact) mass is 703 g/mol. The molecule has 1 aliphatic rings. The highest BCUT2D eigenvalue weighted by atomic mass is 16.3. The largest absolute Gasteiger partial charge is 0.454 e. The maximum atomic E-state index is 6.84. The molecule has 0 saturated heterocycles. The van der Waals surface area contributed by atoms with Gasteiger partial charge < -0.3 is 9.32 Å². The summed E-state index contributed by atoms with van der Waals surface area (Å²) in [5.74, 6) is 0. The van der Waals surface area contributed by atoms with Gasteiger partial charge in [0.05, 0.1) is 11.4 Å². The summed E-state index contributed by atoms with van der Waals surface area (Å²) in [5.41, 5.74) is 14.8. The van der Waals surface area contributed by atoms with E-state index >= 15 is 0 Å². The van der Waals surface area contributed by atoms with Crippen molar-refractivity contribution >= 4 is 60.5 Å². The standard InChI is InChI=1S/C53H37NO/c1-53(2)46-27-9-7-21-40(46)41-32-31-36(33-47(41)53)54(49-29-14-26-45-42-22-8-10-30-50(42)55-52(45)49)48-28-13-25-44(39-23-11-17-34-15-3-5-19-37(34)39)51(48)43-24-12-18-35-16-4-6-20-38(35)43/h3-33H,1-2H3. The summed E-state index contributed by atoms with van der Waals surface area (Å²) in [5, 5.41) is 7.09. The number of hydrogen-bond acceptors (Lipinski definition) is 2. The highest BCUT2D eigenvalue weighted by Crippen LogP contribution is 2.53. The van der Waals surface area contributed by atoms with Gasteiger partial charge >= 0.3 is 0 Å². The second kappa shape index (κ2) is 12.1. The third-order valence-electron chi connectivity index (χ3n) is 11.9. The zero-order chi connectivity index (χ0) is 36.7. The lowest BCUT2D eigenvalue weighted by Crippen LogP contribution is -2.17. The highest BCUT2D eigenvalue weighted by Gasteiger charge is 2.36. The molecule has 0 radical (unpaired) electrons. The zero-order valence-corrected chi connectivity index (χ0v) is 30.8. The molecule has 0 bridgehead atoms. The maximum Gasteiger partial charge on any atom is 0.159 e. The molecule has 0 aliphatic heterocycles. The molecule has 1 heterocycles. The summed E-state index contributed by atoms with van der Waals surface area (Å²) in [6.07, 6.45) is 0. The summed E-state index contributed by atoms with van der Waals surface area (Å²) in [4.78, 5) is 2.45. The summed E-state index contributed by atoms with van der Waals surface area (Å²) < 4.78 is 6.84. The van der Waals surface area contributed by atoms with E-state index in [-0.39, 0.29) is 5.41 Å². The van der Waals surface area contributed by atoms with E-state index in [0.29, 0.717) is 0 Å². The Balaban J connectivity index is 1.27. The molecule has 0 atom stereocenters. The van der Waals surface area contributed by atoms with Crippen LogP contribution in [0.1, 0.15) is 25.0 Å². The average molecular weight is 704 g/mol. The number of nitrogens with zero attached hydrogens (tertiary/aromatic N) is 1. The number of benzene rings is 9. The fraction of sp³-hybridized carbons (Fsp3) is 0.0566. The molecule has 55 heavy (non-hydrogen) atoms. The Morgan fingerprint density at radius 1 is 0.400 bits per heavy atom. The van der Waals surface area contributed by atoms with Gasteiger partial charge in [0, 0.05) is 27.4 Å². The molecule has 10 aromatic rings. The van der Waals surface area contributed by atoms with Gasteiger partial charge in [0.1, 0.15) is 5.58 Å². The average Bonchev–Trinajstić information content (AvgIpc) is 3.73. The minimum atomic E-state index is -0.164. The Kier molecular flexibility index (Phi) is 6.93. The van der Waals surface area contributed by atoms with Crippen LogP contribution in [0, 0.1) is 0 Å². The van der Waals surface area contributed by atoms with Crippen LogP contribution in [0.25, 0.3) is 76.9 Å². The van der Waals surface area contributed by atoms with Crippen LogP contribution in [-0.2, 0) is 5.41 Å². The Morgan fingerprint density at radius 2 is 0.945 bits per heavy atom. The third kappa shape index (κ3) is 4.74. The predicted octanol–water partition coefficient (Wildman–Crippen LogP) is 15.0. The number of anilines is 3. The molecular formula is C53H37NO.